The number of hydrogen-bond acceptors (Lipinski definition) is 5. The zero-order chi connectivity index (χ0) is 19.9. The molecular formula is C21H27BrN4O2. The van der Waals surface area contributed by atoms with Crippen molar-refractivity contribution in [3.8, 4) is 5.75 Å². The van der Waals surface area contributed by atoms with Crippen molar-refractivity contribution in [3.63, 3.8) is 0 Å². The van der Waals surface area contributed by atoms with Gasteiger partial charge in [-0.3, -0.25) is 4.79 Å². The van der Waals surface area contributed by atoms with Crippen LogP contribution in [0.3, 0.4) is 0 Å². The average Bonchev–Trinajstić information content (AvgIpc) is 3.09. The molecule has 1 N–H and O–H groups in total. The molecule has 0 saturated carbocycles. The summed E-state index contributed by atoms with van der Waals surface area (Å²) in [6.45, 7) is 8.92. The fourth-order valence-electron chi connectivity index (χ4n) is 3.33. The number of hydrogen-bond donors (Lipinski definition) is 1. The molecule has 2 aliphatic rings. The zero-order valence-electron chi connectivity index (χ0n) is 16.4. The third-order valence-electron chi connectivity index (χ3n) is 4.70. The maximum Gasteiger partial charge on any atom is 0.262 e. The fourth-order valence-corrected chi connectivity index (χ4v) is 3.67. The maximum atomic E-state index is 13.0. The maximum absolute atomic E-state index is 13.0. The number of rotatable bonds is 2. The van der Waals surface area contributed by atoms with E-state index in [0.29, 0.717) is 24.5 Å². The number of anilines is 2. The third-order valence-corrected chi connectivity index (χ3v) is 5.19. The number of halogens is 1. The van der Waals surface area contributed by atoms with Crippen LogP contribution in [0.5, 0.6) is 5.75 Å². The van der Waals surface area contributed by atoms with Gasteiger partial charge >= 0.3 is 0 Å². The monoisotopic (exact) mass is 446 g/mol. The van der Waals surface area contributed by atoms with Crippen LogP contribution in [0, 0.1) is 0 Å². The van der Waals surface area contributed by atoms with Gasteiger partial charge in [-0.15, -0.1) is 0 Å². The number of aromatic nitrogens is 1. The Bertz CT molecular complexity index is 789. The van der Waals surface area contributed by atoms with Gasteiger partial charge in [0.25, 0.3) is 5.91 Å². The van der Waals surface area contributed by atoms with E-state index in [1.54, 1.807) is 17.2 Å². The summed E-state index contributed by atoms with van der Waals surface area (Å²) in [6, 6.07) is 9.47. The number of amides is 1. The number of benzene rings is 1. The normalized spacial score (nSPS) is 16.9. The molecule has 4 rings (SSSR count). The van der Waals surface area contributed by atoms with Gasteiger partial charge in [0.1, 0.15) is 18.2 Å². The van der Waals surface area contributed by atoms with Gasteiger partial charge in [0.05, 0.1) is 24.0 Å². The molecule has 6 nitrogen and oxygen atoms in total. The second-order valence-electron chi connectivity index (χ2n) is 6.41. The number of carbonyl (C=O) groups excluding carboxylic acids is 1. The van der Waals surface area contributed by atoms with Crippen molar-refractivity contribution in [1.82, 2.24) is 10.3 Å². The Morgan fingerprint density at radius 2 is 1.96 bits per heavy atom. The first-order valence-corrected chi connectivity index (χ1v) is 10.7. The van der Waals surface area contributed by atoms with E-state index >= 15 is 0 Å². The minimum Gasteiger partial charge on any atom is -0.491 e. The van der Waals surface area contributed by atoms with Crippen LogP contribution in [-0.4, -0.2) is 50.2 Å². The van der Waals surface area contributed by atoms with E-state index in [1.165, 1.54) is 0 Å². The number of nitrogens with one attached hydrogen (secondary N) is 1. The molecule has 2 aromatic rings. The Kier molecular flexibility index (Phi) is 7.28. The highest BCUT2D eigenvalue weighted by Gasteiger charge is 2.25. The van der Waals surface area contributed by atoms with E-state index in [1.807, 2.05) is 38.1 Å². The minimum atomic E-state index is -0.0569. The van der Waals surface area contributed by atoms with E-state index in [-0.39, 0.29) is 5.91 Å². The molecular weight excluding hydrogens is 420 g/mol. The van der Waals surface area contributed by atoms with Gasteiger partial charge in [-0.25, -0.2) is 4.98 Å². The van der Waals surface area contributed by atoms with E-state index in [0.717, 1.165) is 48.6 Å². The van der Waals surface area contributed by atoms with Crippen molar-refractivity contribution in [2.24, 2.45) is 0 Å². The predicted octanol–water partition coefficient (Wildman–Crippen LogP) is 3.71. The lowest BCUT2D eigenvalue weighted by Crippen LogP contribution is -2.32. The van der Waals surface area contributed by atoms with Gasteiger partial charge in [-0.05, 0) is 43.3 Å². The van der Waals surface area contributed by atoms with Crippen LogP contribution in [-0.2, 0) is 0 Å². The summed E-state index contributed by atoms with van der Waals surface area (Å²) >= 11 is 3.42. The lowest BCUT2D eigenvalue weighted by atomic mass is 10.1. The smallest absolute Gasteiger partial charge is 0.262 e. The number of nitrogens with zero attached hydrogens (tertiary/aromatic N) is 3. The second kappa shape index (κ2) is 9.89. The first kappa shape index (κ1) is 20.6. The van der Waals surface area contributed by atoms with Crippen molar-refractivity contribution in [3.05, 3.63) is 46.6 Å². The van der Waals surface area contributed by atoms with Crippen LogP contribution in [0.2, 0.25) is 0 Å². The summed E-state index contributed by atoms with van der Waals surface area (Å²) in [7, 11) is 0. The number of ether oxygens (including phenoxy) is 1. The van der Waals surface area contributed by atoms with Gasteiger partial charge in [-0.2, -0.15) is 0 Å². The first-order valence-electron chi connectivity index (χ1n) is 9.88. The molecule has 3 heterocycles. The fraction of sp³-hybridized carbons (Fsp3) is 0.429. The van der Waals surface area contributed by atoms with Gasteiger partial charge in [0.2, 0.25) is 0 Å². The predicted molar refractivity (Wildman–Crippen MR) is 117 cm³/mol. The molecule has 0 spiro atoms. The van der Waals surface area contributed by atoms with Gasteiger partial charge in [0, 0.05) is 24.1 Å². The molecule has 7 heteroatoms. The van der Waals surface area contributed by atoms with Crippen LogP contribution in [0.25, 0.3) is 0 Å². The van der Waals surface area contributed by atoms with Crippen molar-refractivity contribution in [1.29, 1.82) is 0 Å². The van der Waals surface area contributed by atoms with Crippen molar-refractivity contribution in [2.45, 2.75) is 20.3 Å². The molecule has 1 amide bonds. The summed E-state index contributed by atoms with van der Waals surface area (Å²) in [6.07, 6.45) is 2.90. The van der Waals surface area contributed by atoms with Crippen LogP contribution in [0.15, 0.2) is 41.0 Å². The Balaban J connectivity index is 0.00000109. The van der Waals surface area contributed by atoms with Gasteiger partial charge < -0.3 is 19.9 Å². The molecule has 1 fully saturated rings. The van der Waals surface area contributed by atoms with E-state index < -0.39 is 0 Å². The molecule has 0 unspecified atom stereocenters. The topological polar surface area (TPSA) is 57.7 Å². The molecule has 0 bridgehead atoms. The Hall–Kier alpha value is -2.12. The Labute approximate surface area is 175 Å². The third kappa shape index (κ3) is 4.64. The SMILES string of the molecule is CC.O=C1c2ccc(Br)cc2OCCN1c1ccc(N2CCCNCC2)nc1. The molecule has 2 aliphatic heterocycles. The largest absolute Gasteiger partial charge is 0.491 e. The Morgan fingerprint density at radius 1 is 1.11 bits per heavy atom. The molecule has 0 aliphatic carbocycles. The highest BCUT2D eigenvalue weighted by molar-refractivity contribution is 9.10. The number of carbonyl (C=O) groups is 1. The minimum absolute atomic E-state index is 0.0569. The van der Waals surface area contributed by atoms with Gasteiger partial charge in [-0.1, -0.05) is 29.8 Å². The van der Waals surface area contributed by atoms with Crippen LogP contribution in [0.1, 0.15) is 30.6 Å². The van der Waals surface area contributed by atoms with Crippen LogP contribution < -0.4 is 19.9 Å². The highest BCUT2D eigenvalue weighted by Crippen LogP contribution is 2.29. The quantitative estimate of drug-likeness (QED) is 0.761. The molecule has 1 saturated heterocycles. The van der Waals surface area contributed by atoms with E-state index in [4.69, 9.17) is 4.74 Å². The van der Waals surface area contributed by atoms with Crippen molar-refractivity contribution >= 4 is 33.3 Å². The lowest BCUT2D eigenvalue weighted by Gasteiger charge is -2.23. The standard InChI is InChI=1S/C19H21BrN4O2.C2H6/c20-14-2-4-16-17(12-14)26-11-10-24(19(16)25)15-3-5-18(22-13-15)23-8-1-6-21-7-9-23;1-2/h2-5,12-13,21H,1,6-11H2;1-2H3. The summed E-state index contributed by atoms with van der Waals surface area (Å²) in [5, 5.41) is 3.40. The second-order valence-corrected chi connectivity index (χ2v) is 7.33. The van der Waals surface area contributed by atoms with Crippen LogP contribution in [0.4, 0.5) is 11.5 Å². The molecule has 0 atom stereocenters. The molecule has 28 heavy (non-hydrogen) atoms. The van der Waals surface area contributed by atoms with Crippen LogP contribution >= 0.6 is 15.9 Å². The first-order chi connectivity index (χ1) is 13.7. The molecule has 0 radical (unpaired) electrons. The lowest BCUT2D eigenvalue weighted by molar-refractivity contribution is 0.0989. The summed E-state index contributed by atoms with van der Waals surface area (Å²) in [5.74, 6) is 1.52. The van der Waals surface area contributed by atoms with Gasteiger partial charge in [0.15, 0.2) is 0 Å². The summed E-state index contributed by atoms with van der Waals surface area (Å²) < 4.78 is 6.65. The van der Waals surface area contributed by atoms with E-state index in [9.17, 15) is 4.79 Å². The van der Waals surface area contributed by atoms with Crippen molar-refractivity contribution in [2.75, 3.05) is 49.1 Å². The number of pyridine rings is 1. The number of fused-ring (bicyclic) bond motifs is 1. The van der Waals surface area contributed by atoms with E-state index in [2.05, 4.69) is 31.1 Å². The van der Waals surface area contributed by atoms with Crippen molar-refractivity contribution < 1.29 is 9.53 Å². The molecule has 1 aromatic heterocycles. The summed E-state index contributed by atoms with van der Waals surface area (Å²) in [4.78, 5) is 21.6. The zero-order valence-corrected chi connectivity index (χ0v) is 18.0. The average molecular weight is 447 g/mol. The molecule has 150 valence electrons. The highest BCUT2D eigenvalue weighted by atomic mass is 79.9. The Morgan fingerprint density at radius 3 is 2.75 bits per heavy atom. The summed E-state index contributed by atoms with van der Waals surface area (Å²) in [5.41, 5.74) is 1.37. The molecule has 1 aromatic carbocycles.